The van der Waals surface area contributed by atoms with Crippen LogP contribution >= 0.6 is 0 Å². The third kappa shape index (κ3) is 2.11. The summed E-state index contributed by atoms with van der Waals surface area (Å²) in [6.07, 6.45) is 6.68. The van der Waals surface area contributed by atoms with E-state index in [0.717, 1.165) is 24.3 Å². The number of carboxylic acid groups (broad SMARTS) is 1. The molecule has 0 aromatic heterocycles. The zero-order chi connectivity index (χ0) is 13.5. The lowest BCUT2D eigenvalue weighted by atomic mass is 9.68. The molecular weight excluding hydrogens is 238 g/mol. The molecule has 0 unspecified atom stereocenters. The summed E-state index contributed by atoms with van der Waals surface area (Å²) in [7, 11) is 0. The number of hydrogen-bond donors (Lipinski definition) is 1. The van der Waals surface area contributed by atoms with Gasteiger partial charge in [-0.15, -0.1) is 0 Å². The summed E-state index contributed by atoms with van der Waals surface area (Å²) in [5, 5.41) is 9.39. The molecule has 0 amide bonds. The minimum Gasteiger partial charge on any atom is -0.478 e. The number of aryl methyl sites for hydroxylation is 1. The van der Waals surface area contributed by atoms with Gasteiger partial charge in [-0.25, -0.2) is 4.79 Å². The highest BCUT2D eigenvalue weighted by molar-refractivity contribution is 5.96. The fourth-order valence-electron chi connectivity index (χ4n) is 3.75. The molecule has 1 aromatic rings. The molecular formula is C16H21NO2. The molecule has 1 saturated carbocycles. The molecule has 0 radical (unpaired) electrons. The van der Waals surface area contributed by atoms with Crippen LogP contribution in [0.4, 0.5) is 5.69 Å². The van der Waals surface area contributed by atoms with Crippen molar-refractivity contribution in [2.75, 3.05) is 18.0 Å². The molecule has 1 heterocycles. The number of aromatic carboxylic acids is 1. The highest BCUT2D eigenvalue weighted by Crippen LogP contribution is 2.46. The molecule has 0 bridgehead atoms. The topological polar surface area (TPSA) is 40.5 Å². The van der Waals surface area contributed by atoms with E-state index in [1.807, 2.05) is 25.1 Å². The number of nitrogens with zero attached hydrogens (tertiary/aromatic N) is 1. The van der Waals surface area contributed by atoms with Gasteiger partial charge in [-0.05, 0) is 31.4 Å². The molecule has 3 nitrogen and oxygen atoms in total. The van der Waals surface area contributed by atoms with Crippen molar-refractivity contribution in [2.24, 2.45) is 5.41 Å². The molecule has 2 aliphatic rings. The molecule has 3 heteroatoms. The van der Waals surface area contributed by atoms with Crippen LogP contribution in [0.2, 0.25) is 0 Å². The Kier molecular flexibility index (Phi) is 3.00. The van der Waals surface area contributed by atoms with Gasteiger partial charge in [0.25, 0.3) is 0 Å². The molecule has 1 aromatic carbocycles. The zero-order valence-electron chi connectivity index (χ0n) is 11.5. The van der Waals surface area contributed by atoms with Gasteiger partial charge in [0.05, 0.1) is 11.3 Å². The van der Waals surface area contributed by atoms with Crippen molar-refractivity contribution in [3.63, 3.8) is 0 Å². The minimum atomic E-state index is -0.808. The Labute approximate surface area is 114 Å². The summed E-state index contributed by atoms with van der Waals surface area (Å²) in [5.74, 6) is -0.808. The Bertz CT molecular complexity index is 495. The van der Waals surface area contributed by atoms with E-state index in [1.54, 1.807) is 0 Å². The fraction of sp³-hybridized carbons (Fsp3) is 0.562. The average Bonchev–Trinajstić information content (AvgIpc) is 2.36. The largest absolute Gasteiger partial charge is 0.478 e. The van der Waals surface area contributed by atoms with E-state index in [0.29, 0.717) is 11.0 Å². The number of carbonyl (C=O) groups is 1. The van der Waals surface area contributed by atoms with Gasteiger partial charge in [0.1, 0.15) is 0 Å². The van der Waals surface area contributed by atoms with Crippen molar-refractivity contribution in [3.8, 4) is 0 Å². The number of benzene rings is 1. The molecule has 1 aliphatic carbocycles. The van der Waals surface area contributed by atoms with Crippen LogP contribution in [-0.4, -0.2) is 24.2 Å². The van der Waals surface area contributed by atoms with Gasteiger partial charge in [-0.2, -0.15) is 0 Å². The normalized spacial score (nSPS) is 21.2. The molecule has 0 atom stereocenters. The molecule has 2 fully saturated rings. The van der Waals surface area contributed by atoms with Crippen LogP contribution < -0.4 is 4.90 Å². The molecule has 19 heavy (non-hydrogen) atoms. The van der Waals surface area contributed by atoms with Crippen molar-refractivity contribution >= 4 is 11.7 Å². The van der Waals surface area contributed by atoms with Crippen molar-refractivity contribution in [1.29, 1.82) is 0 Å². The first-order chi connectivity index (χ1) is 9.11. The zero-order valence-corrected chi connectivity index (χ0v) is 11.5. The molecule has 1 N–H and O–H groups in total. The van der Waals surface area contributed by atoms with Crippen LogP contribution in [0.1, 0.15) is 48.0 Å². The lowest BCUT2D eigenvalue weighted by Gasteiger charge is -2.54. The number of anilines is 1. The van der Waals surface area contributed by atoms with Gasteiger partial charge in [-0.3, -0.25) is 0 Å². The lowest BCUT2D eigenvalue weighted by molar-refractivity contribution is 0.0694. The lowest BCUT2D eigenvalue weighted by Crippen LogP contribution is -2.57. The molecule has 1 spiro atoms. The van der Waals surface area contributed by atoms with Crippen LogP contribution in [0.25, 0.3) is 0 Å². The first kappa shape index (κ1) is 12.5. The fourth-order valence-corrected chi connectivity index (χ4v) is 3.75. The smallest absolute Gasteiger partial charge is 0.338 e. The van der Waals surface area contributed by atoms with E-state index < -0.39 is 5.97 Å². The summed E-state index contributed by atoms with van der Waals surface area (Å²) < 4.78 is 0. The van der Waals surface area contributed by atoms with Crippen LogP contribution in [-0.2, 0) is 0 Å². The van der Waals surface area contributed by atoms with Gasteiger partial charge in [0.2, 0.25) is 0 Å². The van der Waals surface area contributed by atoms with E-state index in [-0.39, 0.29) is 0 Å². The standard InChI is InChI=1S/C16H21NO2/c1-12-6-5-7-13(14(12)15(18)19)17-10-16(11-17)8-3-2-4-9-16/h5-7H,2-4,8-11H2,1H3,(H,18,19). The van der Waals surface area contributed by atoms with Gasteiger partial charge in [-0.1, -0.05) is 31.4 Å². The SMILES string of the molecule is Cc1cccc(N2CC3(CCCCC3)C2)c1C(=O)O. The molecule has 1 aliphatic heterocycles. The van der Waals surface area contributed by atoms with E-state index >= 15 is 0 Å². The van der Waals surface area contributed by atoms with E-state index in [2.05, 4.69) is 4.90 Å². The number of hydrogen-bond acceptors (Lipinski definition) is 2. The van der Waals surface area contributed by atoms with Crippen molar-refractivity contribution in [2.45, 2.75) is 39.0 Å². The van der Waals surface area contributed by atoms with Crippen molar-refractivity contribution in [1.82, 2.24) is 0 Å². The van der Waals surface area contributed by atoms with Gasteiger partial charge in [0.15, 0.2) is 0 Å². The molecule has 1 saturated heterocycles. The predicted octanol–water partition coefficient (Wildman–Crippen LogP) is 3.46. The monoisotopic (exact) mass is 259 g/mol. The van der Waals surface area contributed by atoms with E-state index in [9.17, 15) is 9.90 Å². The Balaban J connectivity index is 1.82. The Morgan fingerprint density at radius 1 is 1.21 bits per heavy atom. The van der Waals surface area contributed by atoms with Crippen molar-refractivity contribution < 1.29 is 9.90 Å². The Morgan fingerprint density at radius 2 is 1.89 bits per heavy atom. The van der Waals surface area contributed by atoms with Gasteiger partial charge < -0.3 is 10.0 Å². The van der Waals surface area contributed by atoms with Crippen LogP contribution in [0.5, 0.6) is 0 Å². The van der Waals surface area contributed by atoms with Gasteiger partial charge >= 0.3 is 5.97 Å². The highest BCUT2D eigenvalue weighted by Gasteiger charge is 2.44. The summed E-state index contributed by atoms with van der Waals surface area (Å²) in [6.45, 7) is 3.95. The second-order valence-electron chi connectivity index (χ2n) is 6.19. The van der Waals surface area contributed by atoms with Crippen LogP contribution in [0, 0.1) is 12.3 Å². The summed E-state index contributed by atoms with van der Waals surface area (Å²) in [5.41, 5.74) is 2.73. The highest BCUT2D eigenvalue weighted by atomic mass is 16.4. The first-order valence-electron chi connectivity index (χ1n) is 7.19. The maximum absolute atomic E-state index is 11.4. The quantitative estimate of drug-likeness (QED) is 0.884. The predicted molar refractivity (Wildman–Crippen MR) is 75.9 cm³/mol. The van der Waals surface area contributed by atoms with E-state index in [4.69, 9.17) is 0 Å². The third-order valence-corrected chi connectivity index (χ3v) is 4.77. The van der Waals surface area contributed by atoms with Crippen LogP contribution in [0.3, 0.4) is 0 Å². The van der Waals surface area contributed by atoms with Gasteiger partial charge in [0, 0.05) is 18.5 Å². The third-order valence-electron chi connectivity index (χ3n) is 4.77. The average molecular weight is 259 g/mol. The molecule has 102 valence electrons. The maximum Gasteiger partial charge on any atom is 0.338 e. The summed E-state index contributed by atoms with van der Waals surface area (Å²) in [4.78, 5) is 13.7. The summed E-state index contributed by atoms with van der Waals surface area (Å²) in [6, 6.07) is 5.79. The number of rotatable bonds is 2. The second kappa shape index (κ2) is 4.55. The van der Waals surface area contributed by atoms with Crippen molar-refractivity contribution in [3.05, 3.63) is 29.3 Å². The minimum absolute atomic E-state index is 0.480. The second-order valence-corrected chi connectivity index (χ2v) is 6.19. The first-order valence-corrected chi connectivity index (χ1v) is 7.19. The Hall–Kier alpha value is -1.51. The number of carboxylic acids is 1. The molecule has 3 rings (SSSR count). The maximum atomic E-state index is 11.4. The van der Waals surface area contributed by atoms with E-state index in [1.165, 1.54) is 32.1 Å². The Morgan fingerprint density at radius 3 is 2.53 bits per heavy atom. The van der Waals surface area contributed by atoms with Crippen LogP contribution in [0.15, 0.2) is 18.2 Å². The summed E-state index contributed by atoms with van der Waals surface area (Å²) >= 11 is 0.